The van der Waals surface area contributed by atoms with E-state index in [1.54, 1.807) is 6.07 Å². The fraction of sp³-hybridized carbons (Fsp3) is 0.600. The molecule has 0 bridgehead atoms. The van der Waals surface area contributed by atoms with Gasteiger partial charge in [0.15, 0.2) is 0 Å². The lowest BCUT2D eigenvalue weighted by molar-refractivity contribution is 0.684. The number of nitrogens with one attached hydrogen (secondary N) is 2. The van der Waals surface area contributed by atoms with Gasteiger partial charge < -0.3 is 10.7 Å². The van der Waals surface area contributed by atoms with Gasteiger partial charge in [0, 0.05) is 41.3 Å². The highest BCUT2D eigenvalue weighted by Gasteiger charge is 2.02. The molecule has 1 rings (SSSR count). The van der Waals surface area contributed by atoms with Gasteiger partial charge in [-0.1, -0.05) is 13.8 Å². The first-order valence-electron chi connectivity index (χ1n) is 5.63. The summed E-state index contributed by atoms with van der Waals surface area (Å²) < 4.78 is 11.3. The number of nitrogens with zero attached hydrogens (tertiary/aromatic N) is 2. The number of hydrazine groups is 1. The van der Waals surface area contributed by atoms with Crippen LogP contribution in [0.2, 0.25) is 0 Å². The lowest BCUT2D eigenvalue weighted by Gasteiger charge is -2.08. The summed E-state index contributed by atoms with van der Waals surface area (Å²) in [5.41, 5.74) is 2.50. The quantitative estimate of drug-likeness (QED) is 0.487. The van der Waals surface area contributed by atoms with Gasteiger partial charge >= 0.3 is 0 Å². The number of rotatable bonds is 7. The summed E-state index contributed by atoms with van der Waals surface area (Å²) in [4.78, 5) is 8.49. The summed E-state index contributed by atoms with van der Waals surface area (Å²) in [6, 6.07) is 1.73. The van der Waals surface area contributed by atoms with E-state index in [0.29, 0.717) is 29.7 Å². The Bertz CT molecular complexity index is 363. The third-order valence-corrected chi connectivity index (χ3v) is 3.50. The van der Waals surface area contributed by atoms with Gasteiger partial charge in [0.25, 0.3) is 0 Å². The second-order valence-corrected chi connectivity index (χ2v) is 5.28. The van der Waals surface area contributed by atoms with E-state index in [-0.39, 0.29) is 0 Å². The minimum absolute atomic E-state index is 0.580. The summed E-state index contributed by atoms with van der Waals surface area (Å²) in [5, 5.41) is 3.12. The third-order valence-electron chi connectivity index (χ3n) is 2.19. The van der Waals surface area contributed by atoms with Crippen molar-refractivity contribution in [3.63, 3.8) is 0 Å². The Morgan fingerprint density at radius 1 is 1.35 bits per heavy atom. The number of nitrogen functional groups attached to an aromatic ring is 1. The Morgan fingerprint density at radius 2 is 2.06 bits per heavy atom. The zero-order valence-corrected chi connectivity index (χ0v) is 11.0. The van der Waals surface area contributed by atoms with Crippen molar-refractivity contribution in [2.24, 2.45) is 5.84 Å². The molecule has 0 fully saturated rings. The van der Waals surface area contributed by atoms with Crippen LogP contribution < -0.4 is 16.6 Å². The van der Waals surface area contributed by atoms with E-state index in [1.807, 2.05) is 13.8 Å². The Hall–Kier alpha value is -1.21. The van der Waals surface area contributed by atoms with Crippen LogP contribution in [0, 0.1) is 0 Å². The molecule has 1 heterocycles. The molecular formula is C10H19N5OS. The summed E-state index contributed by atoms with van der Waals surface area (Å²) in [7, 11) is -0.761. The van der Waals surface area contributed by atoms with Gasteiger partial charge in [-0.2, -0.15) is 0 Å². The van der Waals surface area contributed by atoms with Crippen LogP contribution in [0.3, 0.4) is 0 Å². The normalized spacial score (nSPS) is 12.2. The van der Waals surface area contributed by atoms with Crippen LogP contribution in [0.1, 0.15) is 19.7 Å². The van der Waals surface area contributed by atoms with Crippen molar-refractivity contribution in [2.75, 3.05) is 28.8 Å². The van der Waals surface area contributed by atoms with Crippen LogP contribution in [-0.4, -0.2) is 32.2 Å². The van der Waals surface area contributed by atoms with E-state index < -0.39 is 10.8 Å². The Labute approximate surface area is 104 Å². The highest BCUT2D eigenvalue weighted by Crippen LogP contribution is 2.10. The predicted molar refractivity (Wildman–Crippen MR) is 71.3 cm³/mol. The van der Waals surface area contributed by atoms with Crippen LogP contribution >= 0.6 is 0 Å². The summed E-state index contributed by atoms with van der Waals surface area (Å²) in [6.45, 7) is 4.52. The Morgan fingerprint density at radius 3 is 2.65 bits per heavy atom. The third kappa shape index (κ3) is 4.66. The van der Waals surface area contributed by atoms with Gasteiger partial charge in [-0.15, -0.1) is 0 Å². The highest BCUT2D eigenvalue weighted by atomic mass is 32.2. The molecule has 0 aliphatic rings. The minimum Gasteiger partial charge on any atom is -0.369 e. The van der Waals surface area contributed by atoms with Crippen molar-refractivity contribution in [3.05, 3.63) is 11.9 Å². The summed E-state index contributed by atoms with van der Waals surface area (Å²) in [5.74, 6) is 8.63. The van der Waals surface area contributed by atoms with E-state index in [9.17, 15) is 4.21 Å². The van der Waals surface area contributed by atoms with Crippen LogP contribution in [0.4, 0.5) is 11.6 Å². The van der Waals surface area contributed by atoms with Gasteiger partial charge in [-0.25, -0.2) is 15.8 Å². The average molecular weight is 257 g/mol. The summed E-state index contributed by atoms with van der Waals surface area (Å²) >= 11 is 0. The smallest absolute Gasteiger partial charge is 0.145 e. The van der Waals surface area contributed by atoms with Crippen LogP contribution in [0.5, 0.6) is 0 Å². The maximum Gasteiger partial charge on any atom is 0.145 e. The molecule has 1 atom stereocenters. The first-order chi connectivity index (χ1) is 8.19. The van der Waals surface area contributed by atoms with Crippen LogP contribution in [0.15, 0.2) is 6.07 Å². The predicted octanol–water partition coefficient (Wildman–Crippen LogP) is 0.505. The van der Waals surface area contributed by atoms with E-state index >= 15 is 0 Å². The number of anilines is 2. The molecule has 96 valence electrons. The van der Waals surface area contributed by atoms with Crippen molar-refractivity contribution in [2.45, 2.75) is 20.3 Å². The molecule has 0 aromatic carbocycles. The molecule has 4 N–H and O–H groups in total. The lowest BCUT2D eigenvalue weighted by Crippen LogP contribution is -2.15. The standard InChI is InChI=1S/C10H19N5OS/c1-3-8-13-9(7-10(14-8)15-11)12-5-6-17(16)4-2/h7H,3-6,11H2,1-2H3,(H2,12,13,14,15). The molecule has 1 unspecified atom stereocenters. The number of hydrogen-bond donors (Lipinski definition) is 3. The van der Waals surface area contributed by atoms with Gasteiger partial charge in [-0.3, -0.25) is 4.21 Å². The molecule has 1 aromatic heterocycles. The van der Waals surface area contributed by atoms with Gasteiger partial charge in [0.1, 0.15) is 17.5 Å². The van der Waals surface area contributed by atoms with Crippen molar-refractivity contribution in [1.82, 2.24) is 9.97 Å². The van der Waals surface area contributed by atoms with E-state index in [1.165, 1.54) is 0 Å². The second-order valence-electron chi connectivity index (χ2n) is 3.41. The molecule has 6 nitrogen and oxygen atoms in total. The average Bonchev–Trinajstić information content (AvgIpc) is 2.37. The van der Waals surface area contributed by atoms with Crippen molar-refractivity contribution < 1.29 is 4.21 Å². The number of aromatic nitrogens is 2. The maximum atomic E-state index is 11.3. The zero-order chi connectivity index (χ0) is 12.7. The fourth-order valence-electron chi connectivity index (χ4n) is 1.26. The Balaban J connectivity index is 2.60. The zero-order valence-electron chi connectivity index (χ0n) is 10.2. The maximum absolute atomic E-state index is 11.3. The first-order valence-corrected chi connectivity index (χ1v) is 7.11. The van der Waals surface area contributed by atoms with Crippen molar-refractivity contribution in [3.8, 4) is 0 Å². The molecule has 0 spiro atoms. The molecule has 1 aromatic rings. The van der Waals surface area contributed by atoms with Crippen LogP contribution in [-0.2, 0) is 17.2 Å². The number of aryl methyl sites for hydroxylation is 1. The lowest BCUT2D eigenvalue weighted by atomic mass is 10.4. The van der Waals surface area contributed by atoms with Gasteiger partial charge in [-0.05, 0) is 0 Å². The minimum atomic E-state index is -0.761. The highest BCUT2D eigenvalue weighted by molar-refractivity contribution is 7.84. The number of nitrogens with two attached hydrogens (primary N) is 1. The SMILES string of the molecule is CCc1nc(NN)cc(NCCS(=O)CC)n1. The fourth-order valence-corrected chi connectivity index (χ4v) is 1.88. The molecular weight excluding hydrogens is 238 g/mol. The Kier molecular flexibility index (Phi) is 5.85. The van der Waals surface area contributed by atoms with Crippen molar-refractivity contribution >= 4 is 22.4 Å². The van der Waals surface area contributed by atoms with E-state index in [2.05, 4.69) is 20.7 Å². The first kappa shape index (κ1) is 13.9. The van der Waals surface area contributed by atoms with Gasteiger partial charge in [0.05, 0.1) is 0 Å². The number of hydrogen-bond acceptors (Lipinski definition) is 6. The molecule has 0 saturated carbocycles. The van der Waals surface area contributed by atoms with E-state index in [4.69, 9.17) is 5.84 Å². The monoisotopic (exact) mass is 257 g/mol. The molecule has 0 amide bonds. The van der Waals surface area contributed by atoms with Gasteiger partial charge in [0.2, 0.25) is 0 Å². The summed E-state index contributed by atoms with van der Waals surface area (Å²) in [6.07, 6.45) is 0.741. The topological polar surface area (TPSA) is 92.9 Å². The molecule has 17 heavy (non-hydrogen) atoms. The molecule has 0 aliphatic carbocycles. The van der Waals surface area contributed by atoms with Crippen LogP contribution in [0.25, 0.3) is 0 Å². The van der Waals surface area contributed by atoms with Crippen molar-refractivity contribution in [1.29, 1.82) is 0 Å². The molecule has 7 heteroatoms. The largest absolute Gasteiger partial charge is 0.369 e. The molecule has 0 aliphatic heterocycles. The van der Waals surface area contributed by atoms with E-state index in [0.717, 1.165) is 12.2 Å². The second kappa shape index (κ2) is 7.18. The molecule has 0 saturated heterocycles. The molecule has 0 radical (unpaired) electrons.